The number of fused-ring (bicyclic) bond motifs is 1. The molecule has 100 valence electrons. The summed E-state index contributed by atoms with van der Waals surface area (Å²) in [5, 5.41) is 1.14. The summed E-state index contributed by atoms with van der Waals surface area (Å²) in [5.41, 5.74) is 9.37. The Morgan fingerprint density at radius 2 is 1.79 bits per heavy atom. The molecule has 0 aliphatic rings. The normalized spacial score (nSPS) is 11.4. The van der Waals surface area contributed by atoms with Crippen LogP contribution in [0.1, 0.15) is 17.3 Å². The van der Waals surface area contributed by atoms with Crippen LogP contribution in [-0.2, 0) is 0 Å². The molecule has 1 aromatic carbocycles. The monoisotopic (exact) mass is 295 g/mol. The molecule has 0 aliphatic carbocycles. The van der Waals surface area contributed by atoms with Crippen LogP contribution in [0.3, 0.4) is 0 Å². The minimum absolute atomic E-state index is 0. The third-order valence-electron chi connectivity index (χ3n) is 2.94. The molecule has 0 saturated heterocycles. The van der Waals surface area contributed by atoms with Gasteiger partial charge < -0.3 is 10.7 Å². The molecule has 5 heteroatoms. The Morgan fingerprint density at radius 1 is 1.05 bits per heavy atom. The number of halogens is 2. The molecule has 2 aromatic heterocycles. The van der Waals surface area contributed by atoms with Gasteiger partial charge in [-0.15, -0.1) is 24.8 Å². The average molecular weight is 296 g/mol. The summed E-state index contributed by atoms with van der Waals surface area (Å²) in [4.78, 5) is 7.39. The van der Waals surface area contributed by atoms with Crippen molar-refractivity contribution >= 4 is 35.7 Å². The second-order valence-corrected chi connectivity index (χ2v) is 4.08. The van der Waals surface area contributed by atoms with Gasteiger partial charge >= 0.3 is 0 Å². The molecule has 0 saturated carbocycles. The lowest BCUT2D eigenvalue weighted by Crippen LogP contribution is -2.11. The zero-order valence-corrected chi connectivity index (χ0v) is 11.7. The summed E-state index contributed by atoms with van der Waals surface area (Å²) < 4.78 is 0. The summed E-state index contributed by atoms with van der Waals surface area (Å²) in [7, 11) is 0. The molecule has 0 bridgehead atoms. The maximum atomic E-state index is 6.23. The van der Waals surface area contributed by atoms with Crippen molar-refractivity contribution < 1.29 is 0 Å². The first-order valence-corrected chi connectivity index (χ1v) is 5.58. The fraction of sp³-hybridized carbons (Fsp3) is 0.0714. The fourth-order valence-electron chi connectivity index (χ4n) is 2.00. The lowest BCUT2D eigenvalue weighted by atomic mass is 10.1. The molecule has 0 spiro atoms. The largest absolute Gasteiger partial charge is 0.356 e. The van der Waals surface area contributed by atoms with E-state index < -0.39 is 0 Å². The van der Waals surface area contributed by atoms with Gasteiger partial charge in [-0.2, -0.15) is 0 Å². The number of rotatable bonds is 2. The summed E-state index contributed by atoms with van der Waals surface area (Å²) in [6.45, 7) is 0. The molecule has 0 fully saturated rings. The molecular formula is C14H15Cl2N3. The van der Waals surface area contributed by atoms with Crippen molar-refractivity contribution in [3.63, 3.8) is 0 Å². The Kier molecular flexibility index (Phi) is 5.36. The van der Waals surface area contributed by atoms with Crippen molar-refractivity contribution in [2.75, 3.05) is 0 Å². The quantitative estimate of drug-likeness (QED) is 0.761. The number of benzene rings is 1. The van der Waals surface area contributed by atoms with Crippen molar-refractivity contribution in [1.29, 1.82) is 0 Å². The maximum Gasteiger partial charge on any atom is 0.0704 e. The minimum Gasteiger partial charge on any atom is -0.356 e. The molecule has 19 heavy (non-hydrogen) atoms. The minimum atomic E-state index is -0.122. The highest BCUT2D eigenvalue weighted by molar-refractivity contribution is 5.85. The number of aromatic nitrogens is 2. The second-order valence-electron chi connectivity index (χ2n) is 4.08. The summed E-state index contributed by atoms with van der Waals surface area (Å²) in [6, 6.07) is 14.0. The Balaban J connectivity index is 0.000000902. The highest BCUT2D eigenvalue weighted by atomic mass is 35.5. The number of nitrogens with zero attached hydrogens (tertiary/aromatic N) is 1. The molecule has 3 aromatic rings. The van der Waals surface area contributed by atoms with E-state index in [1.165, 1.54) is 0 Å². The number of nitrogens with two attached hydrogens (primary N) is 1. The lowest BCUT2D eigenvalue weighted by molar-refractivity contribution is 0.842. The highest BCUT2D eigenvalue weighted by Crippen LogP contribution is 2.22. The van der Waals surface area contributed by atoms with E-state index in [-0.39, 0.29) is 30.9 Å². The van der Waals surface area contributed by atoms with Gasteiger partial charge in [0.15, 0.2) is 0 Å². The van der Waals surface area contributed by atoms with Crippen LogP contribution in [0.25, 0.3) is 10.9 Å². The first-order chi connectivity index (χ1) is 8.34. The molecule has 3 nitrogen and oxygen atoms in total. The molecular weight excluding hydrogens is 281 g/mol. The predicted octanol–water partition coefficient (Wildman–Crippen LogP) is 3.45. The van der Waals surface area contributed by atoms with Gasteiger partial charge in [-0.3, -0.25) is 4.98 Å². The van der Waals surface area contributed by atoms with Crippen LogP contribution in [0, 0.1) is 0 Å². The third-order valence-corrected chi connectivity index (χ3v) is 2.94. The SMILES string of the molecule is Cl.Cl.NC(c1ccccc1)c1cc2ccncc2[nH]1. The van der Waals surface area contributed by atoms with E-state index in [0.29, 0.717) is 0 Å². The maximum absolute atomic E-state index is 6.23. The molecule has 0 amide bonds. The van der Waals surface area contributed by atoms with Crippen LogP contribution in [0.5, 0.6) is 0 Å². The number of hydrogen-bond acceptors (Lipinski definition) is 2. The van der Waals surface area contributed by atoms with Gasteiger partial charge in [0, 0.05) is 17.3 Å². The molecule has 0 aliphatic heterocycles. The first-order valence-electron chi connectivity index (χ1n) is 5.58. The highest BCUT2D eigenvalue weighted by Gasteiger charge is 2.10. The van der Waals surface area contributed by atoms with Gasteiger partial charge in [-0.1, -0.05) is 30.3 Å². The Hall–Kier alpha value is -1.55. The molecule has 2 heterocycles. The fourth-order valence-corrected chi connectivity index (χ4v) is 2.00. The zero-order chi connectivity index (χ0) is 11.7. The van der Waals surface area contributed by atoms with Gasteiger partial charge in [-0.25, -0.2) is 0 Å². The number of hydrogen-bond donors (Lipinski definition) is 2. The van der Waals surface area contributed by atoms with E-state index in [2.05, 4.69) is 16.0 Å². The Labute approximate surface area is 124 Å². The van der Waals surface area contributed by atoms with E-state index in [0.717, 1.165) is 22.2 Å². The third kappa shape index (κ3) is 3.07. The van der Waals surface area contributed by atoms with Crippen LogP contribution in [-0.4, -0.2) is 9.97 Å². The van der Waals surface area contributed by atoms with Crippen LogP contribution < -0.4 is 5.73 Å². The van der Waals surface area contributed by atoms with Crippen LogP contribution >= 0.6 is 24.8 Å². The van der Waals surface area contributed by atoms with E-state index in [1.807, 2.05) is 42.6 Å². The van der Waals surface area contributed by atoms with Crippen molar-refractivity contribution in [3.8, 4) is 0 Å². The predicted molar refractivity (Wildman–Crippen MR) is 83.1 cm³/mol. The summed E-state index contributed by atoms with van der Waals surface area (Å²) in [6.07, 6.45) is 3.60. The smallest absolute Gasteiger partial charge is 0.0704 e. The van der Waals surface area contributed by atoms with Gasteiger partial charge in [0.05, 0.1) is 17.8 Å². The van der Waals surface area contributed by atoms with Gasteiger partial charge in [0.1, 0.15) is 0 Å². The number of aromatic amines is 1. The molecule has 3 rings (SSSR count). The standard InChI is InChI=1S/C14H13N3.2ClH/c15-14(10-4-2-1-3-5-10)12-8-11-6-7-16-9-13(11)17-12;;/h1-9,14,17H,15H2;2*1H. The number of pyridine rings is 1. The van der Waals surface area contributed by atoms with Crippen molar-refractivity contribution in [2.24, 2.45) is 5.73 Å². The van der Waals surface area contributed by atoms with Gasteiger partial charge in [0.2, 0.25) is 0 Å². The summed E-state index contributed by atoms with van der Waals surface area (Å²) in [5.74, 6) is 0. The van der Waals surface area contributed by atoms with Crippen molar-refractivity contribution in [2.45, 2.75) is 6.04 Å². The van der Waals surface area contributed by atoms with E-state index in [4.69, 9.17) is 5.73 Å². The van der Waals surface area contributed by atoms with Gasteiger partial charge in [-0.05, 0) is 17.7 Å². The number of nitrogens with one attached hydrogen (secondary N) is 1. The van der Waals surface area contributed by atoms with Crippen LogP contribution in [0.4, 0.5) is 0 Å². The van der Waals surface area contributed by atoms with Crippen LogP contribution in [0.2, 0.25) is 0 Å². The Bertz CT molecular complexity index is 604. The topological polar surface area (TPSA) is 54.7 Å². The van der Waals surface area contributed by atoms with Crippen molar-refractivity contribution in [3.05, 3.63) is 66.1 Å². The van der Waals surface area contributed by atoms with Crippen LogP contribution in [0.15, 0.2) is 54.9 Å². The van der Waals surface area contributed by atoms with Gasteiger partial charge in [0.25, 0.3) is 0 Å². The van der Waals surface area contributed by atoms with E-state index in [9.17, 15) is 0 Å². The Morgan fingerprint density at radius 3 is 2.47 bits per heavy atom. The molecule has 0 radical (unpaired) electrons. The van der Waals surface area contributed by atoms with Crippen molar-refractivity contribution in [1.82, 2.24) is 9.97 Å². The lowest BCUT2D eigenvalue weighted by Gasteiger charge is -2.09. The van der Waals surface area contributed by atoms with E-state index in [1.54, 1.807) is 6.20 Å². The second kappa shape index (κ2) is 6.57. The summed E-state index contributed by atoms with van der Waals surface area (Å²) >= 11 is 0. The first kappa shape index (κ1) is 15.5. The molecule has 3 N–H and O–H groups in total. The zero-order valence-electron chi connectivity index (χ0n) is 10.1. The average Bonchev–Trinajstić information content (AvgIpc) is 2.82. The van der Waals surface area contributed by atoms with E-state index >= 15 is 0 Å². The molecule has 1 unspecified atom stereocenters. The molecule has 1 atom stereocenters. The number of H-pyrrole nitrogens is 1.